The molecule has 0 radical (unpaired) electrons. The zero-order valence-electron chi connectivity index (χ0n) is 26.3. The lowest BCUT2D eigenvalue weighted by atomic mass is 9.88. The van der Waals surface area contributed by atoms with Crippen LogP contribution < -0.4 is 0 Å². The topological polar surface area (TPSA) is 91.1 Å². The molecule has 41 heavy (non-hydrogen) atoms. The van der Waals surface area contributed by atoms with Crippen LogP contribution in [0.4, 0.5) is 0 Å². The number of nitrogens with zero attached hydrogens (tertiary/aromatic N) is 9. The van der Waals surface area contributed by atoms with Crippen LogP contribution >= 0.6 is 0 Å². The number of fused-ring (bicyclic) bond motifs is 3. The number of imidazole rings is 1. The van der Waals surface area contributed by atoms with Crippen molar-refractivity contribution in [3.63, 3.8) is 0 Å². The molecule has 6 aromatic heterocycles. The SMILES string of the molecule is CC(C)(C)c1ccn2cnnc2c1.Cc1nc(C(C)(C)C)c2cnccn12.Cn1nc(C(C)(C)C)c2cccnc21. The van der Waals surface area contributed by atoms with E-state index in [9.17, 15) is 0 Å². The van der Waals surface area contributed by atoms with Gasteiger partial charge in [-0.05, 0) is 42.2 Å². The third-order valence-electron chi connectivity index (χ3n) is 6.81. The Morgan fingerprint density at radius 3 is 2.17 bits per heavy atom. The number of pyridine rings is 2. The maximum Gasteiger partial charge on any atom is 0.160 e. The van der Waals surface area contributed by atoms with Gasteiger partial charge in [0, 0.05) is 48.1 Å². The molecule has 9 heteroatoms. The molecule has 0 atom stereocenters. The van der Waals surface area contributed by atoms with Gasteiger partial charge in [-0.25, -0.2) is 9.97 Å². The Bertz CT molecular complexity index is 1680. The van der Waals surface area contributed by atoms with Gasteiger partial charge in [-0.1, -0.05) is 62.3 Å². The van der Waals surface area contributed by atoms with Crippen molar-refractivity contribution in [2.24, 2.45) is 7.05 Å². The predicted octanol–water partition coefficient (Wildman–Crippen LogP) is 6.63. The monoisotopic (exact) mass is 553 g/mol. The molecule has 0 aromatic carbocycles. The summed E-state index contributed by atoms with van der Waals surface area (Å²) in [5, 5.41) is 13.5. The molecule has 0 bridgehead atoms. The van der Waals surface area contributed by atoms with Crippen LogP contribution in [0.1, 0.15) is 85.1 Å². The van der Waals surface area contributed by atoms with E-state index >= 15 is 0 Å². The first-order chi connectivity index (χ1) is 19.1. The van der Waals surface area contributed by atoms with E-state index in [2.05, 4.69) is 115 Å². The lowest BCUT2D eigenvalue weighted by molar-refractivity contribution is 0.558. The second kappa shape index (κ2) is 11.0. The van der Waals surface area contributed by atoms with Gasteiger partial charge in [-0.15, -0.1) is 10.2 Å². The number of rotatable bonds is 0. The first-order valence-corrected chi connectivity index (χ1v) is 13.9. The Morgan fingerprint density at radius 2 is 1.51 bits per heavy atom. The fourth-order valence-electron chi connectivity index (χ4n) is 4.57. The third-order valence-corrected chi connectivity index (χ3v) is 6.81. The summed E-state index contributed by atoms with van der Waals surface area (Å²) in [6.45, 7) is 21.6. The molecule has 6 aromatic rings. The minimum atomic E-state index is 0.0720. The Kier molecular flexibility index (Phi) is 8.02. The van der Waals surface area contributed by atoms with Gasteiger partial charge in [0.1, 0.15) is 12.2 Å². The summed E-state index contributed by atoms with van der Waals surface area (Å²) in [4.78, 5) is 13.0. The van der Waals surface area contributed by atoms with E-state index in [-0.39, 0.29) is 16.2 Å². The van der Waals surface area contributed by atoms with Crippen molar-refractivity contribution >= 4 is 22.2 Å². The van der Waals surface area contributed by atoms with E-state index < -0.39 is 0 Å². The summed E-state index contributed by atoms with van der Waals surface area (Å²) in [6, 6.07) is 8.22. The van der Waals surface area contributed by atoms with Crippen molar-refractivity contribution < 1.29 is 0 Å². The Balaban J connectivity index is 0.000000142. The number of hydrogen-bond acceptors (Lipinski definition) is 6. The standard InChI is InChI=1S/2C11H15N3.C10H13N3/c1-8-13-10(11(2,3)4)9-7-12-5-6-14(8)9;1-11(2,3)9-8-6-5-7-12-10(8)14(4)13-9;1-10(2,3)8-4-5-13-7-11-12-9(13)6-8/h2*5-7H,1-4H3;4-7H,1-3H3. The van der Waals surface area contributed by atoms with Crippen LogP contribution in [-0.2, 0) is 23.3 Å². The second-order valence-corrected chi connectivity index (χ2v) is 13.4. The zero-order valence-corrected chi connectivity index (χ0v) is 26.3. The molecule has 0 saturated carbocycles. The molecule has 0 spiro atoms. The van der Waals surface area contributed by atoms with Gasteiger partial charge in [-0.2, -0.15) is 5.10 Å². The minimum absolute atomic E-state index is 0.0720. The van der Waals surface area contributed by atoms with Crippen LogP contribution in [-0.4, -0.2) is 43.7 Å². The Hall–Kier alpha value is -4.14. The van der Waals surface area contributed by atoms with Crippen LogP contribution in [0.15, 0.2) is 61.6 Å². The smallest absolute Gasteiger partial charge is 0.160 e. The molecule has 0 aliphatic heterocycles. The van der Waals surface area contributed by atoms with Crippen molar-refractivity contribution in [3.05, 3.63) is 84.4 Å². The molecular weight excluding hydrogens is 510 g/mol. The molecule has 6 heterocycles. The lowest BCUT2D eigenvalue weighted by Crippen LogP contribution is -2.12. The van der Waals surface area contributed by atoms with Gasteiger partial charge in [0.2, 0.25) is 0 Å². The van der Waals surface area contributed by atoms with E-state index in [1.807, 2.05) is 47.7 Å². The maximum absolute atomic E-state index is 4.58. The highest BCUT2D eigenvalue weighted by atomic mass is 15.3. The van der Waals surface area contributed by atoms with Gasteiger partial charge in [0.15, 0.2) is 11.3 Å². The molecule has 6 rings (SSSR count). The summed E-state index contributed by atoms with van der Waals surface area (Å²) in [5.74, 6) is 1.02. The number of aromatic nitrogens is 9. The summed E-state index contributed by atoms with van der Waals surface area (Å²) in [6.07, 6.45) is 11.1. The fraction of sp³-hybridized carbons (Fsp3) is 0.438. The van der Waals surface area contributed by atoms with Crippen LogP contribution in [0.2, 0.25) is 0 Å². The zero-order chi connectivity index (χ0) is 30.2. The molecule has 0 N–H and O–H groups in total. The van der Waals surface area contributed by atoms with Crippen molar-refractivity contribution in [2.75, 3.05) is 0 Å². The molecule has 0 amide bonds. The summed E-state index contributed by atoms with van der Waals surface area (Å²) >= 11 is 0. The molecule has 0 aliphatic rings. The largest absolute Gasteiger partial charge is 0.301 e. The van der Waals surface area contributed by atoms with Crippen molar-refractivity contribution in [2.45, 2.75) is 85.5 Å². The molecular formula is C32H43N9. The molecule has 0 fully saturated rings. The van der Waals surface area contributed by atoms with Gasteiger partial charge in [-0.3, -0.25) is 14.1 Å². The Morgan fingerprint density at radius 1 is 0.805 bits per heavy atom. The highest BCUT2D eigenvalue weighted by molar-refractivity contribution is 5.79. The molecule has 9 nitrogen and oxygen atoms in total. The average Bonchev–Trinajstić information content (AvgIpc) is 3.60. The number of hydrogen-bond donors (Lipinski definition) is 0. The Labute approximate surface area is 242 Å². The molecule has 0 unspecified atom stereocenters. The summed E-state index contributed by atoms with van der Waals surface area (Å²) in [5.41, 5.74) is 6.81. The van der Waals surface area contributed by atoms with Gasteiger partial charge in [0.05, 0.1) is 23.1 Å². The predicted molar refractivity (Wildman–Crippen MR) is 165 cm³/mol. The molecule has 0 aliphatic carbocycles. The first-order valence-electron chi connectivity index (χ1n) is 13.9. The summed E-state index contributed by atoms with van der Waals surface area (Å²) in [7, 11) is 1.94. The van der Waals surface area contributed by atoms with Gasteiger partial charge in [0.25, 0.3) is 0 Å². The average molecular weight is 554 g/mol. The third kappa shape index (κ3) is 6.61. The highest BCUT2D eigenvalue weighted by Gasteiger charge is 2.22. The minimum Gasteiger partial charge on any atom is -0.301 e. The lowest BCUT2D eigenvalue weighted by Gasteiger charge is -2.18. The first kappa shape index (κ1) is 29.8. The summed E-state index contributed by atoms with van der Waals surface area (Å²) < 4.78 is 5.83. The van der Waals surface area contributed by atoms with E-state index in [4.69, 9.17) is 0 Å². The van der Waals surface area contributed by atoms with Crippen molar-refractivity contribution in [1.29, 1.82) is 0 Å². The van der Waals surface area contributed by atoms with Crippen LogP contribution in [0.3, 0.4) is 0 Å². The second-order valence-electron chi connectivity index (χ2n) is 13.4. The van der Waals surface area contributed by atoms with Crippen molar-refractivity contribution in [3.8, 4) is 0 Å². The quantitative estimate of drug-likeness (QED) is 0.210. The number of aryl methyl sites for hydroxylation is 2. The van der Waals surface area contributed by atoms with Crippen LogP contribution in [0.25, 0.3) is 22.2 Å². The normalized spacial score (nSPS) is 12.3. The van der Waals surface area contributed by atoms with Crippen molar-refractivity contribution in [1.82, 2.24) is 43.7 Å². The van der Waals surface area contributed by atoms with E-state index in [1.54, 1.807) is 18.7 Å². The molecule has 0 saturated heterocycles. The van der Waals surface area contributed by atoms with E-state index in [1.165, 1.54) is 5.56 Å². The van der Waals surface area contributed by atoms with E-state index in [0.29, 0.717) is 0 Å². The van der Waals surface area contributed by atoms with Crippen LogP contribution in [0.5, 0.6) is 0 Å². The van der Waals surface area contributed by atoms with Gasteiger partial charge < -0.3 is 4.40 Å². The van der Waals surface area contributed by atoms with Gasteiger partial charge >= 0.3 is 0 Å². The fourth-order valence-corrected chi connectivity index (χ4v) is 4.57. The van der Waals surface area contributed by atoms with Crippen LogP contribution in [0, 0.1) is 6.92 Å². The highest BCUT2D eigenvalue weighted by Crippen LogP contribution is 2.28. The van der Waals surface area contributed by atoms with E-state index in [0.717, 1.165) is 39.4 Å². The molecule has 216 valence electrons. The maximum atomic E-state index is 4.58.